The molecule has 0 aliphatic carbocycles. The Kier molecular flexibility index (Phi) is 6.03. The third kappa shape index (κ3) is 4.78. The van der Waals surface area contributed by atoms with Gasteiger partial charge in [0.25, 0.3) is 5.91 Å². The van der Waals surface area contributed by atoms with Crippen LogP contribution in [-0.2, 0) is 6.42 Å². The van der Waals surface area contributed by atoms with Crippen LogP contribution in [0.3, 0.4) is 0 Å². The molecule has 4 rings (SSSR count). The number of aromatic amines is 1. The van der Waals surface area contributed by atoms with Gasteiger partial charge in [-0.25, -0.2) is 5.43 Å². The van der Waals surface area contributed by atoms with Crippen molar-refractivity contribution in [2.45, 2.75) is 20.3 Å². The van der Waals surface area contributed by atoms with E-state index in [2.05, 4.69) is 64.0 Å². The van der Waals surface area contributed by atoms with Gasteiger partial charge in [0, 0.05) is 5.56 Å². The molecule has 0 saturated carbocycles. The molecule has 1 aromatic heterocycles. The largest absolute Gasteiger partial charge is 0.289 e. The van der Waals surface area contributed by atoms with Crippen LogP contribution in [0.25, 0.3) is 22.4 Å². The lowest BCUT2D eigenvalue weighted by molar-refractivity contribution is 0.0950. The van der Waals surface area contributed by atoms with Crippen molar-refractivity contribution in [2.24, 2.45) is 5.10 Å². The fraction of sp³-hybridized carbons (Fsp3) is 0.115. The molecule has 0 aliphatic rings. The van der Waals surface area contributed by atoms with Gasteiger partial charge in [0.1, 0.15) is 5.69 Å². The van der Waals surface area contributed by atoms with Crippen molar-refractivity contribution in [3.63, 3.8) is 0 Å². The number of carbonyl (C=O) groups excluding carboxylic acids is 1. The van der Waals surface area contributed by atoms with E-state index in [1.807, 2.05) is 49.4 Å². The van der Waals surface area contributed by atoms with Crippen molar-refractivity contribution >= 4 is 11.6 Å². The van der Waals surface area contributed by atoms with Crippen LogP contribution in [0.1, 0.15) is 35.5 Å². The summed E-state index contributed by atoms with van der Waals surface area (Å²) in [6.45, 7) is 3.98. The van der Waals surface area contributed by atoms with Gasteiger partial charge in [-0.15, -0.1) is 0 Å². The summed E-state index contributed by atoms with van der Waals surface area (Å²) >= 11 is 0. The molecule has 2 N–H and O–H groups in total. The molecule has 0 aliphatic heterocycles. The molecule has 1 heterocycles. The lowest BCUT2D eigenvalue weighted by atomic mass is 10.0. The molecule has 0 radical (unpaired) electrons. The molecule has 0 fully saturated rings. The van der Waals surface area contributed by atoms with Gasteiger partial charge in [0.15, 0.2) is 0 Å². The fourth-order valence-electron chi connectivity index (χ4n) is 3.29. The maximum atomic E-state index is 12.5. The summed E-state index contributed by atoms with van der Waals surface area (Å²) in [6, 6.07) is 28.2. The lowest BCUT2D eigenvalue weighted by Gasteiger charge is -2.05. The summed E-state index contributed by atoms with van der Waals surface area (Å²) in [5, 5.41) is 11.3. The van der Waals surface area contributed by atoms with Crippen LogP contribution in [-0.4, -0.2) is 21.8 Å². The van der Waals surface area contributed by atoms with Crippen LogP contribution < -0.4 is 5.43 Å². The van der Waals surface area contributed by atoms with Gasteiger partial charge in [-0.3, -0.25) is 9.89 Å². The summed E-state index contributed by atoms with van der Waals surface area (Å²) in [7, 11) is 0. The molecule has 0 saturated heterocycles. The van der Waals surface area contributed by atoms with Crippen molar-refractivity contribution in [2.75, 3.05) is 0 Å². The van der Waals surface area contributed by atoms with E-state index in [4.69, 9.17) is 0 Å². The fourth-order valence-corrected chi connectivity index (χ4v) is 3.29. The molecule has 0 unspecified atom stereocenters. The van der Waals surface area contributed by atoms with Crippen molar-refractivity contribution in [1.29, 1.82) is 0 Å². The molecule has 31 heavy (non-hydrogen) atoms. The summed E-state index contributed by atoms with van der Waals surface area (Å²) < 4.78 is 0. The molecule has 0 atom stereocenters. The number of hydrogen-bond donors (Lipinski definition) is 2. The SMILES string of the molecule is CCc1ccc(-c2cc(C(=O)N/N=C(\C)c3ccc(-c4ccccc4)cc3)[nH]n2)cc1. The zero-order valence-electron chi connectivity index (χ0n) is 17.6. The van der Waals surface area contributed by atoms with Crippen LogP contribution in [0.2, 0.25) is 0 Å². The van der Waals surface area contributed by atoms with E-state index in [0.29, 0.717) is 5.69 Å². The van der Waals surface area contributed by atoms with E-state index in [-0.39, 0.29) is 5.91 Å². The van der Waals surface area contributed by atoms with Crippen LogP contribution in [0, 0.1) is 0 Å². The van der Waals surface area contributed by atoms with Crippen molar-refractivity contribution in [3.8, 4) is 22.4 Å². The molecule has 154 valence electrons. The Morgan fingerprint density at radius 1 is 0.903 bits per heavy atom. The van der Waals surface area contributed by atoms with E-state index < -0.39 is 0 Å². The topological polar surface area (TPSA) is 70.1 Å². The molecule has 5 nitrogen and oxygen atoms in total. The van der Waals surface area contributed by atoms with Crippen molar-refractivity contribution < 1.29 is 4.79 Å². The van der Waals surface area contributed by atoms with Crippen molar-refractivity contribution in [3.05, 3.63) is 102 Å². The van der Waals surface area contributed by atoms with Gasteiger partial charge in [-0.05, 0) is 41.7 Å². The third-order valence-corrected chi connectivity index (χ3v) is 5.22. The number of nitrogens with zero attached hydrogens (tertiary/aromatic N) is 2. The Morgan fingerprint density at radius 2 is 1.55 bits per heavy atom. The number of hydrazone groups is 1. The maximum absolute atomic E-state index is 12.5. The van der Waals surface area contributed by atoms with Crippen molar-refractivity contribution in [1.82, 2.24) is 15.6 Å². The second-order valence-corrected chi connectivity index (χ2v) is 7.30. The van der Waals surface area contributed by atoms with E-state index in [1.165, 1.54) is 5.56 Å². The first-order valence-electron chi connectivity index (χ1n) is 10.3. The number of aromatic nitrogens is 2. The average molecular weight is 409 g/mol. The number of benzene rings is 3. The van der Waals surface area contributed by atoms with Gasteiger partial charge >= 0.3 is 0 Å². The molecular weight excluding hydrogens is 384 g/mol. The highest BCUT2D eigenvalue weighted by Crippen LogP contribution is 2.20. The zero-order chi connectivity index (χ0) is 21.6. The number of carbonyl (C=O) groups is 1. The molecule has 0 spiro atoms. The number of nitrogens with one attached hydrogen (secondary N) is 2. The average Bonchev–Trinajstić information content (AvgIpc) is 3.33. The third-order valence-electron chi connectivity index (χ3n) is 5.22. The molecule has 4 aromatic rings. The van der Waals surface area contributed by atoms with Crippen LogP contribution >= 0.6 is 0 Å². The van der Waals surface area contributed by atoms with Gasteiger partial charge in [-0.2, -0.15) is 10.2 Å². The number of H-pyrrole nitrogens is 1. The van der Waals surface area contributed by atoms with E-state index in [0.717, 1.165) is 40.1 Å². The van der Waals surface area contributed by atoms with Crippen LogP contribution in [0.15, 0.2) is 90.0 Å². The van der Waals surface area contributed by atoms with E-state index >= 15 is 0 Å². The first-order chi connectivity index (χ1) is 15.1. The highest BCUT2D eigenvalue weighted by Gasteiger charge is 2.11. The number of amides is 1. The Bertz CT molecular complexity index is 1190. The molecule has 1 amide bonds. The highest BCUT2D eigenvalue weighted by molar-refractivity contribution is 6.01. The second kappa shape index (κ2) is 9.22. The van der Waals surface area contributed by atoms with E-state index in [1.54, 1.807) is 6.07 Å². The number of rotatable bonds is 6. The van der Waals surface area contributed by atoms with Crippen LogP contribution in [0.4, 0.5) is 0 Å². The Morgan fingerprint density at radius 3 is 2.23 bits per heavy atom. The minimum atomic E-state index is -0.329. The maximum Gasteiger partial charge on any atom is 0.289 e. The number of hydrogen-bond acceptors (Lipinski definition) is 3. The van der Waals surface area contributed by atoms with Gasteiger partial charge in [0.2, 0.25) is 0 Å². The minimum absolute atomic E-state index is 0.329. The number of aryl methyl sites for hydroxylation is 1. The zero-order valence-corrected chi connectivity index (χ0v) is 17.6. The predicted octanol–water partition coefficient (Wildman–Crippen LogP) is 5.46. The Labute approximate surface area is 181 Å². The molecule has 3 aromatic carbocycles. The second-order valence-electron chi connectivity index (χ2n) is 7.30. The highest BCUT2D eigenvalue weighted by atomic mass is 16.2. The Balaban J connectivity index is 1.42. The first-order valence-corrected chi connectivity index (χ1v) is 10.3. The molecule has 5 heteroatoms. The van der Waals surface area contributed by atoms with Gasteiger partial charge < -0.3 is 0 Å². The molecule has 0 bridgehead atoms. The predicted molar refractivity (Wildman–Crippen MR) is 125 cm³/mol. The van der Waals surface area contributed by atoms with Gasteiger partial charge in [-0.1, -0.05) is 85.8 Å². The van der Waals surface area contributed by atoms with E-state index in [9.17, 15) is 4.79 Å². The quantitative estimate of drug-likeness (QED) is 0.328. The first kappa shape index (κ1) is 20.3. The normalized spacial score (nSPS) is 11.4. The standard InChI is InChI=1S/C26H24N4O/c1-3-19-9-11-23(12-10-19)24-17-25(29-28-24)26(31)30-27-18(2)20-13-15-22(16-14-20)21-7-5-4-6-8-21/h4-17H,3H2,1-2H3,(H,28,29)(H,30,31)/b27-18+. The summed E-state index contributed by atoms with van der Waals surface area (Å²) in [5.74, 6) is -0.329. The lowest BCUT2D eigenvalue weighted by Crippen LogP contribution is -2.19. The summed E-state index contributed by atoms with van der Waals surface area (Å²) in [4.78, 5) is 12.5. The molecular formula is C26H24N4O. The Hall–Kier alpha value is -3.99. The monoisotopic (exact) mass is 408 g/mol. The summed E-state index contributed by atoms with van der Waals surface area (Å²) in [5.41, 5.74) is 9.89. The smallest absolute Gasteiger partial charge is 0.272 e. The van der Waals surface area contributed by atoms with Gasteiger partial charge in [0.05, 0.1) is 11.4 Å². The minimum Gasteiger partial charge on any atom is -0.272 e. The van der Waals surface area contributed by atoms with Crippen LogP contribution in [0.5, 0.6) is 0 Å². The summed E-state index contributed by atoms with van der Waals surface area (Å²) in [6.07, 6.45) is 0.987.